The summed E-state index contributed by atoms with van der Waals surface area (Å²) in [5, 5.41) is 0. The number of hydrogen-bond acceptors (Lipinski definition) is 4. The Balaban J connectivity index is 2.81. The SMILES string of the molecule is CCSC(=S)NS(=O)(=O)c1ccccc1. The number of hydrogen-bond donors (Lipinski definition) is 1. The van der Waals surface area contributed by atoms with Gasteiger partial charge in [-0.3, -0.25) is 4.72 Å². The van der Waals surface area contributed by atoms with E-state index in [1.54, 1.807) is 18.2 Å². The minimum Gasteiger partial charge on any atom is -0.264 e. The van der Waals surface area contributed by atoms with E-state index in [9.17, 15) is 8.42 Å². The minimum atomic E-state index is -3.49. The highest BCUT2D eigenvalue weighted by molar-refractivity contribution is 8.23. The van der Waals surface area contributed by atoms with Gasteiger partial charge in [0, 0.05) is 0 Å². The van der Waals surface area contributed by atoms with Crippen LogP contribution in [0.2, 0.25) is 0 Å². The summed E-state index contributed by atoms with van der Waals surface area (Å²) in [6.45, 7) is 1.91. The monoisotopic (exact) mass is 261 g/mol. The lowest BCUT2D eigenvalue weighted by atomic mass is 10.4. The molecule has 0 saturated heterocycles. The topological polar surface area (TPSA) is 46.2 Å². The molecule has 0 heterocycles. The van der Waals surface area contributed by atoms with Gasteiger partial charge in [0.2, 0.25) is 0 Å². The number of rotatable bonds is 3. The Bertz CT molecular complexity index is 428. The van der Waals surface area contributed by atoms with Gasteiger partial charge < -0.3 is 0 Å². The molecule has 0 aliphatic heterocycles. The molecule has 1 aromatic carbocycles. The summed E-state index contributed by atoms with van der Waals surface area (Å²) in [5.41, 5.74) is 0. The lowest BCUT2D eigenvalue weighted by Gasteiger charge is -2.07. The van der Waals surface area contributed by atoms with Gasteiger partial charge in [-0.05, 0) is 17.9 Å². The zero-order valence-electron chi connectivity index (χ0n) is 8.14. The summed E-state index contributed by atoms with van der Waals surface area (Å²) in [4.78, 5) is 0.226. The first kappa shape index (κ1) is 12.5. The van der Waals surface area contributed by atoms with Crippen molar-refractivity contribution >= 4 is 38.3 Å². The smallest absolute Gasteiger partial charge is 0.262 e. The van der Waals surface area contributed by atoms with Gasteiger partial charge in [0.25, 0.3) is 10.0 Å². The lowest BCUT2D eigenvalue weighted by molar-refractivity contribution is 0.593. The van der Waals surface area contributed by atoms with Crippen LogP contribution in [0.5, 0.6) is 0 Å². The van der Waals surface area contributed by atoms with Crippen LogP contribution in [0, 0.1) is 0 Å². The van der Waals surface area contributed by atoms with Crippen LogP contribution in [0.15, 0.2) is 35.2 Å². The first-order valence-corrected chi connectivity index (χ1v) is 7.18. The fourth-order valence-electron chi connectivity index (χ4n) is 0.929. The van der Waals surface area contributed by atoms with Crippen LogP contribution in [0.1, 0.15) is 6.92 Å². The average molecular weight is 261 g/mol. The molecular weight excluding hydrogens is 250 g/mol. The maximum atomic E-state index is 11.7. The molecule has 0 atom stereocenters. The first-order valence-electron chi connectivity index (χ1n) is 4.31. The van der Waals surface area contributed by atoms with Crippen molar-refractivity contribution < 1.29 is 8.42 Å². The number of nitrogens with one attached hydrogen (secondary N) is 1. The molecule has 15 heavy (non-hydrogen) atoms. The van der Waals surface area contributed by atoms with Crippen molar-refractivity contribution in [3.63, 3.8) is 0 Å². The molecule has 0 aliphatic carbocycles. The Hall–Kier alpha value is -0.590. The third-order valence-electron chi connectivity index (χ3n) is 1.55. The van der Waals surface area contributed by atoms with Crippen molar-refractivity contribution in [2.45, 2.75) is 11.8 Å². The molecule has 1 rings (SSSR count). The summed E-state index contributed by atoms with van der Waals surface area (Å²) in [6, 6.07) is 8.16. The Kier molecular flexibility index (Phi) is 4.56. The number of thiocarbonyl (C=S) groups is 1. The van der Waals surface area contributed by atoms with Crippen molar-refractivity contribution in [1.82, 2.24) is 4.72 Å². The molecule has 0 aromatic heterocycles. The van der Waals surface area contributed by atoms with E-state index in [2.05, 4.69) is 4.72 Å². The van der Waals surface area contributed by atoms with Gasteiger partial charge in [-0.15, -0.1) is 0 Å². The van der Waals surface area contributed by atoms with E-state index in [4.69, 9.17) is 12.2 Å². The van der Waals surface area contributed by atoms with Crippen LogP contribution in [0.4, 0.5) is 0 Å². The molecule has 0 fully saturated rings. The zero-order valence-corrected chi connectivity index (χ0v) is 10.6. The Morgan fingerprint density at radius 2 is 2.00 bits per heavy atom. The normalized spacial score (nSPS) is 11.0. The van der Waals surface area contributed by atoms with Crippen LogP contribution >= 0.6 is 24.0 Å². The molecule has 3 nitrogen and oxygen atoms in total. The van der Waals surface area contributed by atoms with Crippen LogP contribution in [-0.4, -0.2) is 18.5 Å². The molecule has 0 spiro atoms. The van der Waals surface area contributed by atoms with Gasteiger partial charge in [0.05, 0.1) is 4.90 Å². The second-order valence-electron chi connectivity index (χ2n) is 2.64. The van der Waals surface area contributed by atoms with E-state index >= 15 is 0 Å². The molecule has 0 bridgehead atoms. The molecule has 1 N–H and O–H groups in total. The molecule has 0 unspecified atom stereocenters. The van der Waals surface area contributed by atoms with E-state index in [1.807, 2.05) is 6.92 Å². The predicted molar refractivity (Wildman–Crippen MR) is 67.5 cm³/mol. The summed E-state index contributed by atoms with van der Waals surface area (Å²) >= 11 is 6.17. The fourth-order valence-corrected chi connectivity index (χ4v) is 3.29. The molecule has 82 valence electrons. The Morgan fingerprint density at radius 1 is 1.40 bits per heavy atom. The van der Waals surface area contributed by atoms with Crippen molar-refractivity contribution in [2.75, 3.05) is 5.75 Å². The van der Waals surface area contributed by atoms with Gasteiger partial charge in [0.15, 0.2) is 0 Å². The maximum Gasteiger partial charge on any atom is 0.262 e. The quantitative estimate of drug-likeness (QED) is 0.845. The highest BCUT2D eigenvalue weighted by Crippen LogP contribution is 2.09. The number of thioether (sulfide) groups is 1. The molecule has 1 aromatic rings. The zero-order chi connectivity index (χ0) is 11.3. The number of sulfonamides is 1. The minimum absolute atomic E-state index is 0.226. The van der Waals surface area contributed by atoms with Gasteiger partial charge in [-0.25, -0.2) is 8.42 Å². The van der Waals surface area contributed by atoms with Gasteiger partial charge in [0.1, 0.15) is 4.32 Å². The highest BCUT2D eigenvalue weighted by atomic mass is 32.2. The Labute approximate surface area is 99.3 Å². The Morgan fingerprint density at radius 3 is 2.53 bits per heavy atom. The van der Waals surface area contributed by atoms with Crippen LogP contribution in [-0.2, 0) is 10.0 Å². The average Bonchev–Trinajstić information content (AvgIpc) is 2.18. The molecular formula is C9H11NO2S3. The summed E-state index contributed by atoms with van der Waals surface area (Å²) < 4.78 is 26.0. The van der Waals surface area contributed by atoms with E-state index in [1.165, 1.54) is 23.9 Å². The number of benzene rings is 1. The van der Waals surface area contributed by atoms with Crippen molar-refractivity contribution in [3.05, 3.63) is 30.3 Å². The van der Waals surface area contributed by atoms with Crippen molar-refractivity contribution in [1.29, 1.82) is 0 Å². The summed E-state index contributed by atoms with van der Waals surface area (Å²) in [5.74, 6) is 0.746. The van der Waals surface area contributed by atoms with Crippen molar-refractivity contribution in [3.8, 4) is 0 Å². The highest BCUT2D eigenvalue weighted by Gasteiger charge is 2.14. The van der Waals surface area contributed by atoms with E-state index in [0.717, 1.165) is 5.75 Å². The standard InChI is InChI=1S/C9H11NO2S3/c1-2-14-9(13)10-15(11,12)8-6-4-3-5-7-8/h3-7H,2H2,1H3,(H,10,13). The summed E-state index contributed by atoms with van der Waals surface area (Å²) in [6.07, 6.45) is 0. The van der Waals surface area contributed by atoms with E-state index < -0.39 is 10.0 Å². The van der Waals surface area contributed by atoms with Crippen LogP contribution in [0.25, 0.3) is 0 Å². The largest absolute Gasteiger partial charge is 0.264 e. The second kappa shape index (κ2) is 5.48. The third-order valence-corrected chi connectivity index (χ3v) is 4.28. The first-order chi connectivity index (χ1) is 7.06. The lowest BCUT2D eigenvalue weighted by Crippen LogP contribution is -2.27. The van der Waals surface area contributed by atoms with E-state index in [0.29, 0.717) is 0 Å². The molecule has 0 aliphatic rings. The van der Waals surface area contributed by atoms with Gasteiger partial charge >= 0.3 is 0 Å². The molecule has 0 radical (unpaired) electrons. The summed E-state index contributed by atoms with van der Waals surface area (Å²) in [7, 11) is -3.49. The maximum absolute atomic E-state index is 11.7. The molecule has 6 heteroatoms. The van der Waals surface area contributed by atoms with Gasteiger partial charge in [-0.1, -0.05) is 49.1 Å². The molecule has 0 amide bonds. The molecule has 0 saturated carbocycles. The third kappa shape index (κ3) is 3.81. The van der Waals surface area contributed by atoms with Crippen LogP contribution < -0.4 is 4.72 Å². The van der Waals surface area contributed by atoms with E-state index in [-0.39, 0.29) is 9.22 Å². The van der Waals surface area contributed by atoms with Gasteiger partial charge in [-0.2, -0.15) is 0 Å². The second-order valence-corrected chi connectivity index (χ2v) is 6.26. The van der Waals surface area contributed by atoms with Crippen LogP contribution in [0.3, 0.4) is 0 Å². The fraction of sp³-hybridized carbons (Fsp3) is 0.222. The predicted octanol–water partition coefficient (Wildman–Crippen LogP) is 2.00. The van der Waals surface area contributed by atoms with Crippen molar-refractivity contribution in [2.24, 2.45) is 0 Å².